The van der Waals surface area contributed by atoms with Gasteiger partial charge in [0.2, 0.25) is 0 Å². The van der Waals surface area contributed by atoms with E-state index in [4.69, 9.17) is 0 Å². The van der Waals surface area contributed by atoms with Crippen molar-refractivity contribution >= 4 is 17.2 Å². The summed E-state index contributed by atoms with van der Waals surface area (Å²) >= 11 is 0. The van der Waals surface area contributed by atoms with Gasteiger partial charge in [-0.05, 0) is 24.5 Å². The van der Waals surface area contributed by atoms with Crippen molar-refractivity contribution in [1.82, 2.24) is 4.90 Å². The molecule has 1 amide bonds. The van der Waals surface area contributed by atoms with Gasteiger partial charge in [-0.3, -0.25) is 9.69 Å². The maximum Gasteiger partial charge on any atom is 0.258 e. The third kappa shape index (κ3) is 2.65. The van der Waals surface area contributed by atoms with E-state index in [1.807, 2.05) is 25.2 Å². The molecule has 0 spiro atoms. The molecule has 1 saturated heterocycles. The summed E-state index contributed by atoms with van der Waals surface area (Å²) in [6.07, 6.45) is 1.96. The van der Waals surface area contributed by atoms with E-state index in [0.29, 0.717) is 0 Å². The highest BCUT2D eigenvalue weighted by Gasteiger charge is 2.32. The quantitative estimate of drug-likeness (QED) is 0.788. The SMILES string of the molecule is CN1C(=O)C(=C2CCN(Cc3ccccc3)CC2)c2ccccc21. The topological polar surface area (TPSA) is 23.6 Å². The molecule has 4 rings (SSSR count). The van der Waals surface area contributed by atoms with Crippen molar-refractivity contribution < 1.29 is 4.79 Å². The summed E-state index contributed by atoms with van der Waals surface area (Å²) in [5, 5.41) is 0. The van der Waals surface area contributed by atoms with E-state index in [0.717, 1.165) is 49.3 Å². The van der Waals surface area contributed by atoms with Crippen molar-refractivity contribution in [3.05, 3.63) is 71.3 Å². The van der Waals surface area contributed by atoms with Gasteiger partial charge in [-0.25, -0.2) is 0 Å². The van der Waals surface area contributed by atoms with Crippen molar-refractivity contribution in [2.45, 2.75) is 19.4 Å². The fourth-order valence-corrected chi connectivity index (χ4v) is 3.78. The van der Waals surface area contributed by atoms with Gasteiger partial charge in [-0.15, -0.1) is 0 Å². The molecule has 0 radical (unpaired) electrons. The Morgan fingerprint density at radius 1 is 0.917 bits per heavy atom. The Morgan fingerprint density at radius 2 is 1.58 bits per heavy atom. The predicted molar refractivity (Wildman–Crippen MR) is 97.7 cm³/mol. The van der Waals surface area contributed by atoms with E-state index in [2.05, 4.69) is 41.3 Å². The van der Waals surface area contributed by atoms with Crippen LogP contribution in [-0.2, 0) is 11.3 Å². The Balaban J connectivity index is 1.53. The third-order valence-electron chi connectivity index (χ3n) is 5.12. The minimum atomic E-state index is 0.155. The van der Waals surface area contributed by atoms with Gasteiger partial charge < -0.3 is 4.90 Å². The lowest BCUT2D eigenvalue weighted by atomic mass is 9.93. The van der Waals surface area contributed by atoms with E-state index in [1.165, 1.54) is 11.1 Å². The summed E-state index contributed by atoms with van der Waals surface area (Å²) in [4.78, 5) is 17.0. The van der Waals surface area contributed by atoms with Crippen LogP contribution in [-0.4, -0.2) is 30.9 Å². The molecular formula is C21H22N2O. The first-order valence-electron chi connectivity index (χ1n) is 8.60. The number of hydrogen-bond donors (Lipinski definition) is 0. The normalized spacial score (nSPS) is 18.2. The van der Waals surface area contributed by atoms with Gasteiger partial charge in [0.05, 0.1) is 5.69 Å². The Bertz CT molecular complexity index is 784. The molecule has 3 nitrogen and oxygen atoms in total. The number of amides is 1. The summed E-state index contributed by atoms with van der Waals surface area (Å²) in [7, 11) is 1.87. The van der Waals surface area contributed by atoms with Gasteiger partial charge >= 0.3 is 0 Å². The van der Waals surface area contributed by atoms with E-state index in [1.54, 1.807) is 4.90 Å². The maximum atomic E-state index is 12.7. The predicted octanol–water partition coefficient (Wildman–Crippen LogP) is 3.71. The zero-order valence-corrected chi connectivity index (χ0v) is 14.0. The maximum absolute atomic E-state index is 12.7. The number of anilines is 1. The number of likely N-dealkylation sites (tertiary alicyclic amines) is 1. The lowest BCUT2D eigenvalue weighted by Crippen LogP contribution is -2.31. The molecule has 24 heavy (non-hydrogen) atoms. The van der Waals surface area contributed by atoms with Crippen molar-refractivity contribution in [2.24, 2.45) is 0 Å². The number of carbonyl (C=O) groups is 1. The highest BCUT2D eigenvalue weighted by atomic mass is 16.2. The molecule has 122 valence electrons. The van der Waals surface area contributed by atoms with Gasteiger partial charge in [0.15, 0.2) is 0 Å². The first-order valence-corrected chi connectivity index (χ1v) is 8.60. The summed E-state index contributed by atoms with van der Waals surface area (Å²) in [5.74, 6) is 0.155. The van der Waals surface area contributed by atoms with Gasteiger partial charge in [0.25, 0.3) is 5.91 Å². The van der Waals surface area contributed by atoms with Crippen LogP contribution in [0.15, 0.2) is 60.2 Å². The standard InChI is InChI=1S/C21H22N2O/c1-22-19-10-6-5-9-18(19)20(21(22)24)17-11-13-23(14-12-17)15-16-7-3-2-4-8-16/h2-10H,11-15H2,1H3. The third-order valence-corrected chi connectivity index (χ3v) is 5.12. The molecule has 0 N–H and O–H groups in total. The first-order chi connectivity index (χ1) is 11.7. The van der Waals surface area contributed by atoms with Gasteiger partial charge in [-0.2, -0.15) is 0 Å². The van der Waals surface area contributed by atoms with Crippen LogP contribution in [0.5, 0.6) is 0 Å². The Morgan fingerprint density at radius 3 is 2.33 bits per heavy atom. The number of para-hydroxylation sites is 1. The highest BCUT2D eigenvalue weighted by Crippen LogP contribution is 2.39. The number of hydrogen-bond acceptors (Lipinski definition) is 2. The minimum absolute atomic E-state index is 0.155. The van der Waals surface area contributed by atoms with Crippen LogP contribution < -0.4 is 4.90 Å². The molecule has 2 aromatic carbocycles. The monoisotopic (exact) mass is 318 g/mol. The number of piperidine rings is 1. The van der Waals surface area contributed by atoms with Crippen LogP contribution in [0, 0.1) is 0 Å². The molecule has 0 atom stereocenters. The van der Waals surface area contributed by atoms with Gasteiger partial charge in [0, 0.05) is 37.8 Å². The highest BCUT2D eigenvalue weighted by molar-refractivity contribution is 6.33. The first kappa shape index (κ1) is 15.2. The van der Waals surface area contributed by atoms with Crippen molar-refractivity contribution in [1.29, 1.82) is 0 Å². The Kier molecular flexibility index (Phi) is 3.95. The second kappa shape index (κ2) is 6.25. The molecule has 0 saturated carbocycles. The smallest absolute Gasteiger partial charge is 0.258 e. The van der Waals surface area contributed by atoms with Crippen molar-refractivity contribution in [3.63, 3.8) is 0 Å². The zero-order valence-electron chi connectivity index (χ0n) is 14.0. The molecule has 1 fully saturated rings. The van der Waals surface area contributed by atoms with E-state index < -0.39 is 0 Å². The fourth-order valence-electron chi connectivity index (χ4n) is 3.78. The van der Waals surface area contributed by atoms with Crippen LogP contribution in [0.3, 0.4) is 0 Å². The van der Waals surface area contributed by atoms with Crippen LogP contribution in [0.25, 0.3) is 5.57 Å². The second-order valence-corrected chi connectivity index (χ2v) is 6.62. The molecule has 2 aromatic rings. The number of rotatable bonds is 2. The largest absolute Gasteiger partial charge is 0.311 e. The summed E-state index contributed by atoms with van der Waals surface area (Å²) in [6, 6.07) is 18.7. The van der Waals surface area contributed by atoms with Crippen LogP contribution >= 0.6 is 0 Å². The van der Waals surface area contributed by atoms with Gasteiger partial charge in [-0.1, -0.05) is 54.1 Å². The molecule has 2 aliphatic heterocycles. The summed E-state index contributed by atoms with van der Waals surface area (Å²) < 4.78 is 0. The summed E-state index contributed by atoms with van der Waals surface area (Å²) in [6.45, 7) is 3.04. The number of nitrogens with zero attached hydrogens (tertiary/aromatic N) is 2. The average molecular weight is 318 g/mol. The number of benzene rings is 2. The van der Waals surface area contributed by atoms with Gasteiger partial charge in [0.1, 0.15) is 0 Å². The van der Waals surface area contributed by atoms with E-state index in [-0.39, 0.29) is 5.91 Å². The Labute approximate surface area is 143 Å². The van der Waals surface area contributed by atoms with E-state index >= 15 is 0 Å². The van der Waals surface area contributed by atoms with Crippen LogP contribution in [0.1, 0.15) is 24.0 Å². The van der Waals surface area contributed by atoms with Crippen LogP contribution in [0.2, 0.25) is 0 Å². The van der Waals surface area contributed by atoms with Crippen LogP contribution in [0.4, 0.5) is 5.69 Å². The average Bonchev–Trinajstić information content (AvgIpc) is 2.88. The van der Waals surface area contributed by atoms with Crippen molar-refractivity contribution in [2.75, 3.05) is 25.0 Å². The molecule has 0 aromatic heterocycles. The van der Waals surface area contributed by atoms with Crippen molar-refractivity contribution in [3.8, 4) is 0 Å². The lowest BCUT2D eigenvalue weighted by molar-refractivity contribution is -0.112. The lowest BCUT2D eigenvalue weighted by Gasteiger charge is -2.29. The zero-order chi connectivity index (χ0) is 16.5. The van der Waals surface area contributed by atoms with E-state index in [9.17, 15) is 4.79 Å². The molecule has 2 aliphatic rings. The molecule has 2 heterocycles. The molecular weight excluding hydrogens is 296 g/mol. The number of fused-ring (bicyclic) bond motifs is 1. The fraction of sp³-hybridized carbons (Fsp3) is 0.286. The second-order valence-electron chi connectivity index (χ2n) is 6.62. The summed E-state index contributed by atoms with van der Waals surface area (Å²) in [5.41, 5.74) is 5.78. The number of likely N-dealkylation sites (N-methyl/N-ethyl adjacent to an activating group) is 1. The minimum Gasteiger partial charge on any atom is -0.311 e. The molecule has 0 bridgehead atoms. The molecule has 0 aliphatic carbocycles. The molecule has 0 unspecified atom stereocenters. The molecule has 3 heteroatoms. The number of carbonyl (C=O) groups excluding carboxylic acids is 1. The Hall–Kier alpha value is -2.39.